The molecule has 0 radical (unpaired) electrons. The molecule has 0 fully saturated rings. The van der Waals surface area contributed by atoms with Gasteiger partial charge in [0.25, 0.3) is 0 Å². The monoisotopic (exact) mass is 527 g/mol. The molecule has 3 rings (SSSR count). The fourth-order valence-corrected chi connectivity index (χ4v) is 3.43. The van der Waals surface area contributed by atoms with Crippen LogP contribution in [0, 0.1) is 0 Å². The third-order valence-electron chi connectivity index (χ3n) is 4.92. The van der Waals surface area contributed by atoms with Crippen molar-refractivity contribution >= 4 is 29.9 Å². The van der Waals surface area contributed by atoms with Crippen LogP contribution in [-0.4, -0.2) is 53.5 Å². The van der Waals surface area contributed by atoms with Crippen molar-refractivity contribution in [3.05, 3.63) is 47.5 Å². The number of halogens is 1. The minimum Gasteiger partial charge on any atom is -0.496 e. The summed E-state index contributed by atoms with van der Waals surface area (Å²) < 4.78 is 22.3. The maximum Gasteiger partial charge on any atom is 0.191 e. The maximum atomic E-state index is 5.97. The Hall–Kier alpha value is -2.36. The van der Waals surface area contributed by atoms with Crippen LogP contribution in [0.5, 0.6) is 23.0 Å². The van der Waals surface area contributed by atoms with Gasteiger partial charge in [-0.3, -0.25) is 4.99 Å². The van der Waals surface area contributed by atoms with Crippen LogP contribution in [0.2, 0.25) is 0 Å². The van der Waals surface area contributed by atoms with Gasteiger partial charge in [0.15, 0.2) is 5.96 Å². The number of aliphatic imine (C=N–C) groups is 1. The number of ether oxygens (including phenoxy) is 4. The molecule has 2 aromatic rings. The molecule has 0 bridgehead atoms. The number of fused-ring (bicyclic) bond motifs is 1. The summed E-state index contributed by atoms with van der Waals surface area (Å²) in [6.07, 6.45) is 1.72. The Morgan fingerprint density at radius 3 is 2.37 bits per heavy atom. The largest absolute Gasteiger partial charge is 0.496 e. The van der Waals surface area contributed by atoms with Gasteiger partial charge >= 0.3 is 0 Å². The molecule has 0 saturated heterocycles. The second-order valence-corrected chi connectivity index (χ2v) is 6.69. The van der Waals surface area contributed by atoms with Gasteiger partial charge in [0.1, 0.15) is 29.1 Å². The van der Waals surface area contributed by atoms with Crippen LogP contribution in [0.4, 0.5) is 0 Å². The number of hydrogen-bond donors (Lipinski definition) is 2. The van der Waals surface area contributed by atoms with Crippen molar-refractivity contribution < 1.29 is 18.9 Å². The van der Waals surface area contributed by atoms with E-state index >= 15 is 0 Å². The maximum absolute atomic E-state index is 5.97. The van der Waals surface area contributed by atoms with E-state index in [4.69, 9.17) is 18.9 Å². The zero-order chi connectivity index (χ0) is 20.6. The summed E-state index contributed by atoms with van der Waals surface area (Å²) in [6, 6.07) is 11.9. The molecule has 0 aliphatic carbocycles. The SMILES string of the molecule is CN=C(NCCc1c(OC)cc(OC)cc1OC)NCC1Cc2ccccc2O1.I. The van der Waals surface area contributed by atoms with Gasteiger partial charge in [0.05, 0.1) is 27.9 Å². The highest BCUT2D eigenvalue weighted by atomic mass is 127. The lowest BCUT2D eigenvalue weighted by molar-refractivity contribution is 0.235. The summed E-state index contributed by atoms with van der Waals surface area (Å²) in [5.74, 6) is 3.88. The molecule has 1 aliphatic heterocycles. The van der Waals surface area contributed by atoms with Gasteiger partial charge < -0.3 is 29.6 Å². The van der Waals surface area contributed by atoms with Crippen LogP contribution >= 0.6 is 24.0 Å². The average Bonchev–Trinajstić information content (AvgIpc) is 3.18. The van der Waals surface area contributed by atoms with E-state index in [1.54, 1.807) is 28.4 Å². The molecule has 1 heterocycles. The van der Waals surface area contributed by atoms with Crippen LogP contribution in [-0.2, 0) is 12.8 Å². The lowest BCUT2D eigenvalue weighted by atomic mass is 10.1. The van der Waals surface area contributed by atoms with Crippen molar-refractivity contribution in [2.75, 3.05) is 41.5 Å². The van der Waals surface area contributed by atoms with Gasteiger partial charge in [-0.15, -0.1) is 24.0 Å². The molecule has 2 aromatic carbocycles. The van der Waals surface area contributed by atoms with E-state index in [-0.39, 0.29) is 30.1 Å². The zero-order valence-electron chi connectivity index (χ0n) is 17.9. The van der Waals surface area contributed by atoms with E-state index in [1.807, 2.05) is 30.3 Å². The average molecular weight is 527 g/mol. The molecule has 2 N–H and O–H groups in total. The Kier molecular flexibility index (Phi) is 9.35. The second-order valence-electron chi connectivity index (χ2n) is 6.69. The molecule has 0 aromatic heterocycles. The zero-order valence-corrected chi connectivity index (χ0v) is 20.2. The van der Waals surface area contributed by atoms with Crippen LogP contribution in [0.15, 0.2) is 41.4 Å². The fourth-order valence-electron chi connectivity index (χ4n) is 3.43. The first-order valence-corrected chi connectivity index (χ1v) is 9.66. The van der Waals surface area contributed by atoms with Crippen molar-refractivity contribution in [1.29, 1.82) is 0 Å². The number of benzene rings is 2. The Bertz CT molecular complexity index is 810. The highest BCUT2D eigenvalue weighted by molar-refractivity contribution is 14.0. The molecular formula is C22H30IN3O4. The molecule has 0 saturated carbocycles. The number of methoxy groups -OCH3 is 3. The number of guanidine groups is 1. The number of rotatable bonds is 8. The second kappa shape index (κ2) is 11.7. The summed E-state index contributed by atoms with van der Waals surface area (Å²) in [6.45, 7) is 1.36. The normalized spacial score (nSPS) is 14.8. The molecule has 1 aliphatic rings. The van der Waals surface area contributed by atoms with Crippen LogP contribution in [0.25, 0.3) is 0 Å². The van der Waals surface area contributed by atoms with Crippen molar-refractivity contribution in [2.45, 2.75) is 18.9 Å². The van der Waals surface area contributed by atoms with Crippen molar-refractivity contribution in [3.63, 3.8) is 0 Å². The lowest BCUT2D eigenvalue weighted by Gasteiger charge is -2.17. The van der Waals surface area contributed by atoms with Crippen molar-refractivity contribution in [1.82, 2.24) is 10.6 Å². The standard InChI is InChI=1S/C22H29N3O4.HI/c1-23-22(25-14-17-11-15-7-5-6-8-19(15)29-17)24-10-9-18-20(27-3)12-16(26-2)13-21(18)28-4;/h5-8,12-13,17H,9-11,14H2,1-4H3,(H2,23,24,25);1H. The van der Waals surface area contributed by atoms with Gasteiger partial charge in [0.2, 0.25) is 0 Å². The molecule has 1 unspecified atom stereocenters. The Morgan fingerprint density at radius 1 is 1.07 bits per heavy atom. The molecule has 30 heavy (non-hydrogen) atoms. The molecular weight excluding hydrogens is 497 g/mol. The van der Waals surface area contributed by atoms with Crippen LogP contribution < -0.4 is 29.6 Å². The highest BCUT2D eigenvalue weighted by Crippen LogP contribution is 2.34. The summed E-state index contributed by atoms with van der Waals surface area (Å²) in [4.78, 5) is 4.30. The van der Waals surface area contributed by atoms with E-state index < -0.39 is 0 Å². The molecule has 0 spiro atoms. The quantitative estimate of drug-likeness (QED) is 0.313. The molecule has 8 heteroatoms. The lowest BCUT2D eigenvalue weighted by Crippen LogP contribution is -2.42. The predicted molar refractivity (Wildman–Crippen MR) is 129 cm³/mol. The summed E-state index contributed by atoms with van der Waals surface area (Å²) in [5.41, 5.74) is 2.23. The summed E-state index contributed by atoms with van der Waals surface area (Å²) in [5, 5.41) is 6.67. The topological polar surface area (TPSA) is 73.3 Å². The first kappa shape index (κ1) is 23.9. The summed E-state index contributed by atoms with van der Waals surface area (Å²) >= 11 is 0. The van der Waals surface area contributed by atoms with E-state index in [2.05, 4.69) is 21.7 Å². The highest BCUT2D eigenvalue weighted by Gasteiger charge is 2.22. The van der Waals surface area contributed by atoms with Crippen LogP contribution in [0.1, 0.15) is 11.1 Å². The molecule has 0 amide bonds. The minimum absolute atomic E-state index is 0. The van der Waals surface area contributed by atoms with E-state index in [0.29, 0.717) is 25.3 Å². The first-order valence-electron chi connectivity index (χ1n) is 9.66. The molecule has 1 atom stereocenters. The number of nitrogens with zero attached hydrogens (tertiary/aromatic N) is 1. The molecule has 164 valence electrons. The van der Waals surface area contributed by atoms with Crippen LogP contribution in [0.3, 0.4) is 0 Å². The Morgan fingerprint density at radius 2 is 1.77 bits per heavy atom. The predicted octanol–water partition coefficient (Wildman–Crippen LogP) is 3.04. The Balaban J connectivity index is 0.00000320. The third kappa shape index (κ3) is 5.84. The van der Waals surface area contributed by atoms with E-state index in [0.717, 1.165) is 35.2 Å². The van der Waals surface area contributed by atoms with Gasteiger partial charge in [-0.2, -0.15) is 0 Å². The van der Waals surface area contributed by atoms with Gasteiger partial charge in [-0.05, 0) is 18.1 Å². The summed E-state index contributed by atoms with van der Waals surface area (Å²) in [7, 11) is 6.67. The fraction of sp³-hybridized carbons (Fsp3) is 0.409. The van der Waals surface area contributed by atoms with Crippen molar-refractivity contribution in [3.8, 4) is 23.0 Å². The Labute approximate surface area is 195 Å². The molecule has 7 nitrogen and oxygen atoms in total. The third-order valence-corrected chi connectivity index (χ3v) is 4.92. The van der Waals surface area contributed by atoms with Gasteiger partial charge in [-0.1, -0.05) is 18.2 Å². The number of hydrogen-bond acceptors (Lipinski definition) is 5. The minimum atomic E-state index is 0. The van der Waals surface area contributed by atoms with Gasteiger partial charge in [0, 0.05) is 37.7 Å². The van der Waals surface area contributed by atoms with Gasteiger partial charge in [-0.25, -0.2) is 0 Å². The first-order chi connectivity index (χ1) is 14.2. The van der Waals surface area contributed by atoms with Crippen molar-refractivity contribution in [2.24, 2.45) is 4.99 Å². The number of nitrogens with one attached hydrogen (secondary N) is 2. The number of para-hydroxylation sites is 1. The van der Waals surface area contributed by atoms with E-state index in [9.17, 15) is 0 Å². The van der Waals surface area contributed by atoms with E-state index in [1.165, 1.54) is 5.56 Å². The smallest absolute Gasteiger partial charge is 0.191 e.